The Morgan fingerprint density at radius 1 is 0.571 bits per heavy atom. The van der Waals surface area contributed by atoms with E-state index in [-0.39, 0.29) is 80.5 Å². The largest absolute Gasteiger partial charge is 1.00 e. The fourth-order valence-corrected chi connectivity index (χ4v) is 7.41. The monoisotopic (exact) mass is 830 g/mol. The quantitative estimate of drug-likeness (QED) is 0.0919. The van der Waals surface area contributed by atoms with E-state index in [2.05, 4.69) is 20.5 Å². The maximum atomic E-state index is 12.6. The Labute approximate surface area is 367 Å². The molecule has 0 heterocycles. The summed E-state index contributed by atoms with van der Waals surface area (Å²) in [6.07, 6.45) is 0. The molecule has 0 aliphatic heterocycles. The van der Waals surface area contributed by atoms with Crippen molar-refractivity contribution >= 4 is 63.9 Å². The summed E-state index contributed by atoms with van der Waals surface area (Å²) in [5, 5.41) is 27.2. The maximum Gasteiger partial charge on any atom is 1.00 e. The molecular formula is C37H28N4Na2O10S3. The molecule has 1 N–H and O–H groups in total. The van der Waals surface area contributed by atoms with Gasteiger partial charge in [-0.05, 0) is 133 Å². The second-order valence-corrected chi connectivity index (χ2v) is 16.4. The first-order valence-corrected chi connectivity index (χ1v) is 20.0. The molecule has 6 rings (SSSR count). The summed E-state index contributed by atoms with van der Waals surface area (Å²) in [7, 11) is -14.1. The normalized spacial score (nSPS) is 12.1. The summed E-state index contributed by atoms with van der Waals surface area (Å²) in [5.74, 6) is -0.611. The molecule has 0 aliphatic carbocycles. The van der Waals surface area contributed by atoms with Crippen LogP contribution in [0.3, 0.4) is 0 Å². The van der Waals surface area contributed by atoms with Crippen LogP contribution in [-0.2, 0) is 30.4 Å². The molecule has 0 spiro atoms. The third kappa shape index (κ3) is 10.4. The molecule has 6 aromatic rings. The van der Waals surface area contributed by atoms with Crippen LogP contribution in [0.5, 0.6) is 11.5 Å². The van der Waals surface area contributed by atoms with E-state index in [0.29, 0.717) is 22.6 Å². The van der Waals surface area contributed by atoms with Gasteiger partial charge in [-0.3, -0.25) is 0 Å². The van der Waals surface area contributed by atoms with Gasteiger partial charge in [0.1, 0.15) is 36.6 Å². The Bertz CT molecular complexity index is 2850. The van der Waals surface area contributed by atoms with E-state index in [1.54, 1.807) is 49.4 Å². The number of azo groups is 2. The summed E-state index contributed by atoms with van der Waals surface area (Å²) in [5.41, 5.74) is 4.70. The van der Waals surface area contributed by atoms with Gasteiger partial charge in [-0.2, -0.15) is 23.8 Å². The fraction of sp³-hybridized carbons (Fsp3) is 0.0811. The Morgan fingerprint density at radius 2 is 1.11 bits per heavy atom. The molecular weight excluding hydrogens is 803 g/mol. The smallest absolute Gasteiger partial charge is 0.744 e. The molecule has 0 atom stereocenters. The van der Waals surface area contributed by atoms with Crippen LogP contribution in [0.4, 0.5) is 22.7 Å². The number of rotatable bonds is 10. The minimum absolute atomic E-state index is 0. The number of phenolic OH excluding ortho intramolecular Hbond substituents is 1. The van der Waals surface area contributed by atoms with Crippen molar-refractivity contribution in [1.82, 2.24) is 0 Å². The first-order valence-electron chi connectivity index (χ1n) is 15.8. The van der Waals surface area contributed by atoms with Gasteiger partial charge in [-0.1, -0.05) is 29.8 Å². The van der Waals surface area contributed by atoms with Crippen LogP contribution >= 0.6 is 0 Å². The molecule has 0 saturated carbocycles. The van der Waals surface area contributed by atoms with E-state index in [1.807, 2.05) is 32.0 Å². The molecule has 56 heavy (non-hydrogen) atoms. The number of hydrogen-bond donors (Lipinski definition) is 1. The van der Waals surface area contributed by atoms with E-state index in [9.17, 15) is 39.5 Å². The van der Waals surface area contributed by atoms with Crippen LogP contribution in [0.1, 0.15) is 16.7 Å². The molecule has 0 bridgehead atoms. The zero-order valence-corrected chi connectivity index (χ0v) is 37.0. The van der Waals surface area contributed by atoms with Crippen LogP contribution in [-0.4, -0.2) is 39.5 Å². The second-order valence-electron chi connectivity index (χ2n) is 12.1. The van der Waals surface area contributed by atoms with Gasteiger partial charge in [-0.25, -0.2) is 16.8 Å². The Balaban J connectivity index is 0.00000348. The average molecular weight is 831 g/mol. The summed E-state index contributed by atoms with van der Waals surface area (Å²) >= 11 is 0. The Hall–Kier alpha value is -3.85. The molecule has 0 unspecified atom stereocenters. The standard InChI is InChI=1S/C37H30N4O10S3.2Na/c1-22-4-12-30(13-5-22)54(49,50)51-29-10-8-28(9-11-29)38-39-33-16-6-25(18-23(33)2)26-7-17-34(24(3)19-26)40-41-36-35(53(46,47)48)21-27-20-31(52(43,44)45)14-15-32(27)37(36)42;;/h4-21,42H,1-3H3,(H,43,44,45)(H,46,47,48);;/q;2*+1/p-2. The predicted molar refractivity (Wildman–Crippen MR) is 197 cm³/mol. The van der Waals surface area contributed by atoms with Gasteiger partial charge in [0.25, 0.3) is 0 Å². The summed E-state index contributed by atoms with van der Waals surface area (Å²) in [4.78, 5) is -1.58. The van der Waals surface area contributed by atoms with Crippen LogP contribution in [0.2, 0.25) is 0 Å². The van der Waals surface area contributed by atoms with Gasteiger partial charge in [0.2, 0.25) is 0 Å². The predicted octanol–water partition coefficient (Wildman–Crippen LogP) is 2.55. The second kappa shape index (κ2) is 17.7. The molecule has 0 fully saturated rings. The first kappa shape index (κ1) is 44.9. The number of fused-ring (bicyclic) bond motifs is 1. The summed E-state index contributed by atoms with van der Waals surface area (Å²) in [6.45, 7) is 5.45. The zero-order valence-electron chi connectivity index (χ0n) is 30.5. The van der Waals surface area contributed by atoms with E-state index in [4.69, 9.17) is 4.18 Å². The molecule has 276 valence electrons. The van der Waals surface area contributed by atoms with Crippen molar-refractivity contribution in [1.29, 1.82) is 0 Å². The minimum atomic E-state index is -5.23. The van der Waals surface area contributed by atoms with Crippen molar-refractivity contribution < 1.29 is 103 Å². The summed E-state index contributed by atoms with van der Waals surface area (Å²) < 4.78 is 101. The van der Waals surface area contributed by atoms with Crippen LogP contribution in [0, 0.1) is 20.8 Å². The van der Waals surface area contributed by atoms with Crippen molar-refractivity contribution in [2.45, 2.75) is 35.5 Å². The Morgan fingerprint density at radius 3 is 1.62 bits per heavy atom. The third-order valence-corrected chi connectivity index (χ3v) is 11.1. The number of nitrogens with zero attached hydrogens (tertiary/aromatic N) is 4. The fourth-order valence-electron chi connectivity index (χ4n) is 5.33. The van der Waals surface area contributed by atoms with Crippen LogP contribution in [0.25, 0.3) is 21.9 Å². The molecule has 0 amide bonds. The average Bonchev–Trinajstić information content (AvgIpc) is 3.10. The van der Waals surface area contributed by atoms with Gasteiger partial charge in [0.15, 0.2) is 5.75 Å². The third-order valence-electron chi connectivity index (χ3n) is 8.19. The number of benzene rings is 6. The van der Waals surface area contributed by atoms with Gasteiger partial charge in [0, 0.05) is 5.39 Å². The minimum Gasteiger partial charge on any atom is -0.744 e. The SMILES string of the molecule is Cc1ccc(S(=O)(=O)Oc2ccc(N=Nc3ccc(-c4ccc(N=Nc5c(S(=O)(=O)[O-])cc6cc(S(=O)(=O)[O-])ccc6c5O)c(C)c4)cc3C)cc2)cc1.[Na+].[Na+]. The van der Waals surface area contributed by atoms with E-state index in [0.717, 1.165) is 46.5 Å². The van der Waals surface area contributed by atoms with Gasteiger partial charge < -0.3 is 18.4 Å². The van der Waals surface area contributed by atoms with Crippen LogP contribution in [0.15, 0.2) is 144 Å². The zero-order chi connectivity index (χ0) is 39.0. The van der Waals surface area contributed by atoms with Crippen molar-refractivity contribution in [3.05, 3.63) is 126 Å². The van der Waals surface area contributed by atoms with Crippen molar-refractivity contribution in [2.24, 2.45) is 20.5 Å². The van der Waals surface area contributed by atoms with E-state index >= 15 is 0 Å². The van der Waals surface area contributed by atoms with Crippen LogP contribution < -0.4 is 63.3 Å². The van der Waals surface area contributed by atoms with Gasteiger partial charge in [-0.15, -0.1) is 5.11 Å². The topological polar surface area (TPSA) is 227 Å². The molecule has 6 aromatic carbocycles. The molecule has 19 heteroatoms. The molecule has 0 radical (unpaired) electrons. The molecule has 0 aliphatic rings. The van der Waals surface area contributed by atoms with Gasteiger partial charge in [0.05, 0.1) is 26.9 Å². The van der Waals surface area contributed by atoms with Crippen molar-refractivity contribution in [3.8, 4) is 22.6 Å². The number of aromatic hydroxyl groups is 1. The number of phenols is 1. The van der Waals surface area contributed by atoms with Crippen molar-refractivity contribution in [3.63, 3.8) is 0 Å². The Kier molecular flexibility index (Phi) is 14.2. The van der Waals surface area contributed by atoms with E-state index < -0.39 is 51.6 Å². The van der Waals surface area contributed by atoms with Crippen molar-refractivity contribution in [2.75, 3.05) is 0 Å². The maximum absolute atomic E-state index is 12.6. The van der Waals surface area contributed by atoms with Gasteiger partial charge >= 0.3 is 69.2 Å². The number of hydrogen-bond acceptors (Lipinski definition) is 14. The molecule has 14 nitrogen and oxygen atoms in total. The summed E-state index contributed by atoms with van der Waals surface area (Å²) in [6, 6.07) is 26.9. The number of aryl methyl sites for hydroxylation is 3. The first-order chi connectivity index (χ1) is 25.4. The van der Waals surface area contributed by atoms with E-state index in [1.165, 1.54) is 24.3 Å². The molecule has 0 aromatic heterocycles. The molecule has 0 saturated heterocycles.